The van der Waals surface area contributed by atoms with E-state index in [0.29, 0.717) is 22.9 Å². The van der Waals surface area contributed by atoms with Crippen LogP contribution in [-0.2, 0) is 0 Å². The number of methoxy groups -OCH3 is 1. The van der Waals surface area contributed by atoms with Crippen molar-refractivity contribution in [2.24, 2.45) is 0 Å². The van der Waals surface area contributed by atoms with E-state index in [1.807, 2.05) is 0 Å². The predicted octanol–water partition coefficient (Wildman–Crippen LogP) is 2.73. The monoisotopic (exact) mass is 297 g/mol. The van der Waals surface area contributed by atoms with Gasteiger partial charge in [0.25, 0.3) is 5.91 Å². The molecule has 5 heteroatoms. The summed E-state index contributed by atoms with van der Waals surface area (Å²) >= 11 is 5.94. The third kappa shape index (κ3) is 3.25. The van der Waals surface area contributed by atoms with E-state index in [1.54, 1.807) is 30.1 Å². The van der Waals surface area contributed by atoms with Crippen LogP contribution in [0.3, 0.4) is 0 Å². The van der Waals surface area contributed by atoms with Crippen molar-refractivity contribution in [3.63, 3.8) is 0 Å². The Hall–Kier alpha value is -1.26. The van der Waals surface area contributed by atoms with Gasteiger partial charge in [0, 0.05) is 18.6 Å². The van der Waals surface area contributed by atoms with Gasteiger partial charge in [-0.25, -0.2) is 0 Å². The number of hydrogen-bond acceptors (Lipinski definition) is 3. The molecule has 1 aromatic rings. The zero-order valence-corrected chi connectivity index (χ0v) is 12.6. The predicted molar refractivity (Wildman–Crippen MR) is 78.4 cm³/mol. The van der Waals surface area contributed by atoms with Gasteiger partial charge in [-0.3, -0.25) is 4.79 Å². The van der Waals surface area contributed by atoms with Crippen molar-refractivity contribution in [2.75, 3.05) is 20.7 Å². The molecule has 0 heterocycles. The van der Waals surface area contributed by atoms with Gasteiger partial charge in [-0.15, -0.1) is 0 Å². The second-order valence-electron chi connectivity index (χ2n) is 5.44. The van der Waals surface area contributed by atoms with Crippen molar-refractivity contribution >= 4 is 17.5 Å². The lowest BCUT2D eigenvalue weighted by atomic mass is 10.0. The van der Waals surface area contributed by atoms with Crippen LogP contribution in [0.5, 0.6) is 5.75 Å². The first kappa shape index (κ1) is 15.1. The van der Waals surface area contributed by atoms with Crippen LogP contribution in [0.4, 0.5) is 0 Å². The number of aliphatic hydroxyl groups is 1. The molecule has 1 aliphatic rings. The Kier molecular flexibility index (Phi) is 4.55. The Morgan fingerprint density at radius 3 is 2.70 bits per heavy atom. The van der Waals surface area contributed by atoms with E-state index in [4.69, 9.17) is 16.3 Å². The maximum atomic E-state index is 12.5. The Labute approximate surface area is 124 Å². The number of halogens is 1. The van der Waals surface area contributed by atoms with Crippen LogP contribution in [0, 0.1) is 0 Å². The van der Waals surface area contributed by atoms with Crippen molar-refractivity contribution in [3.8, 4) is 5.75 Å². The van der Waals surface area contributed by atoms with Crippen molar-refractivity contribution in [1.29, 1.82) is 0 Å². The molecule has 0 saturated heterocycles. The van der Waals surface area contributed by atoms with E-state index in [2.05, 4.69) is 0 Å². The number of carbonyl (C=O) groups excluding carboxylic acids is 1. The van der Waals surface area contributed by atoms with E-state index in [1.165, 1.54) is 7.11 Å². The topological polar surface area (TPSA) is 49.8 Å². The molecule has 110 valence electrons. The Bertz CT molecular complexity index is 498. The number of rotatable bonds is 4. The lowest BCUT2D eigenvalue weighted by Crippen LogP contribution is -2.42. The second kappa shape index (κ2) is 6.02. The summed E-state index contributed by atoms with van der Waals surface area (Å²) in [6.45, 7) is 0.335. The second-order valence-corrected chi connectivity index (χ2v) is 5.87. The average Bonchev–Trinajstić information content (AvgIpc) is 2.84. The number of nitrogens with zero attached hydrogens (tertiary/aromatic N) is 1. The molecule has 0 atom stereocenters. The minimum atomic E-state index is -0.754. The van der Waals surface area contributed by atoms with E-state index in [-0.39, 0.29) is 5.91 Å². The van der Waals surface area contributed by atoms with Crippen molar-refractivity contribution in [1.82, 2.24) is 4.90 Å². The molecule has 1 N–H and O–H groups in total. The summed E-state index contributed by atoms with van der Waals surface area (Å²) < 4.78 is 5.20. The molecule has 1 aliphatic carbocycles. The molecule has 1 aromatic carbocycles. The molecular weight excluding hydrogens is 278 g/mol. The molecule has 1 fully saturated rings. The molecule has 1 amide bonds. The van der Waals surface area contributed by atoms with Crippen LogP contribution >= 0.6 is 11.6 Å². The number of carbonyl (C=O) groups is 1. The van der Waals surface area contributed by atoms with Crippen molar-refractivity contribution in [3.05, 3.63) is 28.8 Å². The Morgan fingerprint density at radius 1 is 1.45 bits per heavy atom. The molecule has 0 spiro atoms. The molecule has 0 radical (unpaired) electrons. The van der Waals surface area contributed by atoms with Gasteiger partial charge in [-0.05, 0) is 31.0 Å². The molecule has 1 saturated carbocycles. The summed E-state index contributed by atoms with van der Waals surface area (Å²) in [6.07, 6.45) is 3.52. The Morgan fingerprint density at radius 2 is 2.10 bits per heavy atom. The van der Waals surface area contributed by atoms with Gasteiger partial charge >= 0.3 is 0 Å². The van der Waals surface area contributed by atoms with Gasteiger partial charge in [0.1, 0.15) is 5.75 Å². The number of likely N-dealkylation sites (N-methyl/N-ethyl adjacent to an activating group) is 1. The molecule has 0 unspecified atom stereocenters. The quantitative estimate of drug-likeness (QED) is 0.929. The SMILES string of the molecule is COc1ccc(Cl)cc1C(=O)N(C)CC1(O)CCCC1. The smallest absolute Gasteiger partial charge is 0.257 e. The lowest BCUT2D eigenvalue weighted by Gasteiger charge is -2.29. The van der Waals surface area contributed by atoms with Gasteiger partial charge in [0.15, 0.2) is 0 Å². The zero-order valence-electron chi connectivity index (χ0n) is 11.9. The van der Waals surface area contributed by atoms with Crippen molar-refractivity contribution in [2.45, 2.75) is 31.3 Å². The van der Waals surface area contributed by atoms with Gasteiger partial charge in [0.05, 0.1) is 18.3 Å². The third-order valence-electron chi connectivity index (χ3n) is 3.80. The fourth-order valence-corrected chi connectivity index (χ4v) is 2.93. The number of benzene rings is 1. The maximum absolute atomic E-state index is 12.5. The van der Waals surface area contributed by atoms with Gasteiger partial charge in [-0.1, -0.05) is 24.4 Å². The zero-order chi connectivity index (χ0) is 14.8. The summed E-state index contributed by atoms with van der Waals surface area (Å²) in [7, 11) is 3.21. The molecule has 4 nitrogen and oxygen atoms in total. The highest BCUT2D eigenvalue weighted by atomic mass is 35.5. The van der Waals surface area contributed by atoms with Gasteiger partial charge in [0.2, 0.25) is 0 Å². The minimum absolute atomic E-state index is 0.190. The molecule has 0 aromatic heterocycles. The molecular formula is C15H20ClNO3. The molecule has 0 bridgehead atoms. The summed E-state index contributed by atoms with van der Waals surface area (Å²) in [4.78, 5) is 14.0. The van der Waals surface area contributed by atoms with Crippen LogP contribution in [0.15, 0.2) is 18.2 Å². The first-order valence-electron chi connectivity index (χ1n) is 6.76. The normalized spacial score (nSPS) is 17.0. The minimum Gasteiger partial charge on any atom is -0.496 e. The van der Waals surface area contributed by atoms with Crippen LogP contribution in [0.25, 0.3) is 0 Å². The van der Waals surface area contributed by atoms with Crippen LogP contribution in [0.1, 0.15) is 36.0 Å². The van der Waals surface area contributed by atoms with Crippen molar-refractivity contribution < 1.29 is 14.6 Å². The first-order valence-corrected chi connectivity index (χ1v) is 7.14. The first-order chi connectivity index (χ1) is 9.45. The third-order valence-corrected chi connectivity index (χ3v) is 4.04. The molecule has 0 aliphatic heterocycles. The van der Waals surface area contributed by atoms with Gasteiger partial charge < -0.3 is 14.7 Å². The summed E-state index contributed by atoms with van der Waals surface area (Å²) in [5, 5.41) is 10.9. The van der Waals surface area contributed by atoms with Gasteiger partial charge in [-0.2, -0.15) is 0 Å². The van der Waals surface area contributed by atoms with Crippen LogP contribution in [0.2, 0.25) is 5.02 Å². The van der Waals surface area contributed by atoms with Crippen LogP contribution in [-0.4, -0.2) is 42.2 Å². The number of hydrogen-bond donors (Lipinski definition) is 1. The maximum Gasteiger partial charge on any atom is 0.257 e. The highest BCUT2D eigenvalue weighted by Crippen LogP contribution is 2.31. The standard InChI is InChI=1S/C15H20ClNO3/c1-17(10-15(19)7-3-4-8-15)14(18)12-9-11(16)5-6-13(12)20-2/h5-6,9,19H,3-4,7-8,10H2,1-2H3. The summed E-state index contributed by atoms with van der Waals surface area (Å²) in [5.41, 5.74) is -0.333. The average molecular weight is 298 g/mol. The molecule has 20 heavy (non-hydrogen) atoms. The fourth-order valence-electron chi connectivity index (χ4n) is 2.76. The fraction of sp³-hybridized carbons (Fsp3) is 0.533. The molecule has 2 rings (SSSR count). The highest BCUT2D eigenvalue weighted by molar-refractivity contribution is 6.31. The Balaban J connectivity index is 2.16. The summed E-state index contributed by atoms with van der Waals surface area (Å²) in [5.74, 6) is 0.300. The van der Waals surface area contributed by atoms with E-state index in [9.17, 15) is 9.90 Å². The summed E-state index contributed by atoms with van der Waals surface area (Å²) in [6, 6.07) is 4.95. The highest BCUT2D eigenvalue weighted by Gasteiger charge is 2.34. The van der Waals surface area contributed by atoms with E-state index < -0.39 is 5.60 Å². The van der Waals surface area contributed by atoms with E-state index >= 15 is 0 Å². The lowest BCUT2D eigenvalue weighted by molar-refractivity contribution is 0.0155. The number of amides is 1. The number of ether oxygens (including phenoxy) is 1. The largest absolute Gasteiger partial charge is 0.496 e. The van der Waals surface area contributed by atoms with Crippen LogP contribution < -0.4 is 4.74 Å². The van der Waals surface area contributed by atoms with E-state index in [0.717, 1.165) is 25.7 Å².